The van der Waals surface area contributed by atoms with Gasteiger partial charge in [0.05, 0.1) is 19.3 Å². The van der Waals surface area contributed by atoms with Gasteiger partial charge >= 0.3 is 0 Å². The molecule has 0 N–H and O–H groups in total. The van der Waals surface area contributed by atoms with Crippen molar-refractivity contribution in [2.45, 2.75) is 49.8 Å². The molecule has 0 spiro atoms. The molecular weight excluding hydrogens is 420 g/mol. The summed E-state index contributed by atoms with van der Waals surface area (Å²) in [6.45, 7) is 7.09. The molecule has 0 unspecified atom stereocenters. The van der Waals surface area contributed by atoms with Crippen LogP contribution in [-0.4, -0.2) is 69.2 Å². The Balaban J connectivity index is 1.70. The average molecular weight is 447 g/mol. The maximum Gasteiger partial charge on any atom is 0.246 e. The zero-order valence-corrected chi connectivity index (χ0v) is 17.9. The van der Waals surface area contributed by atoms with Crippen molar-refractivity contribution in [3.63, 3.8) is 0 Å². The molecule has 0 saturated carbocycles. The highest BCUT2D eigenvalue weighted by molar-refractivity contribution is 9.10. The van der Waals surface area contributed by atoms with Gasteiger partial charge < -0.3 is 9.47 Å². The van der Waals surface area contributed by atoms with Crippen LogP contribution in [0.1, 0.15) is 26.7 Å². The van der Waals surface area contributed by atoms with Crippen LogP contribution < -0.4 is 4.74 Å². The molecule has 2 fully saturated rings. The number of piperidine rings is 1. The second-order valence-electron chi connectivity index (χ2n) is 7.14. The minimum absolute atomic E-state index is 0.224. The number of morpholine rings is 1. The number of nitrogens with zero attached hydrogens (tertiary/aromatic N) is 2. The molecule has 0 aliphatic carbocycles. The van der Waals surface area contributed by atoms with Gasteiger partial charge in [0, 0.05) is 36.7 Å². The molecular formula is C18H27BrN2O4S. The molecule has 8 heteroatoms. The standard InChI is InChI=1S/C18H27BrN2O4S/c1-13-11-20(12-14(2)25-13)16-6-8-21(9-7-16)26(22,23)18-10-15(19)4-5-17(18)24-3/h4-5,10,13-14,16H,6-9,11-12H2,1-3H3/t13-,14-/m0/s1. The van der Waals surface area contributed by atoms with Gasteiger partial charge in [0.2, 0.25) is 10.0 Å². The Kier molecular flexibility index (Phi) is 6.29. The lowest BCUT2D eigenvalue weighted by atomic mass is 10.0. The summed E-state index contributed by atoms with van der Waals surface area (Å²) in [5.74, 6) is 0.381. The van der Waals surface area contributed by atoms with E-state index in [9.17, 15) is 8.42 Å². The van der Waals surface area contributed by atoms with E-state index in [0.29, 0.717) is 24.9 Å². The Morgan fingerprint density at radius 2 is 1.77 bits per heavy atom. The van der Waals surface area contributed by atoms with Crippen molar-refractivity contribution in [2.75, 3.05) is 33.3 Å². The third-order valence-corrected chi connectivity index (χ3v) is 7.54. The normalized spacial score (nSPS) is 26.8. The van der Waals surface area contributed by atoms with Crippen molar-refractivity contribution in [2.24, 2.45) is 0 Å². The predicted octanol–water partition coefficient (Wildman–Crippen LogP) is 2.72. The minimum atomic E-state index is -3.57. The summed E-state index contributed by atoms with van der Waals surface area (Å²) in [6, 6.07) is 5.50. The van der Waals surface area contributed by atoms with Gasteiger partial charge in [0.25, 0.3) is 0 Å². The molecule has 1 aromatic rings. The first-order chi connectivity index (χ1) is 12.3. The molecule has 2 atom stereocenters. The highest BCUT2D eigenvalue weighted by Gasteiger charge is 2.35. The summed E-state index contributed by atoms with van der Waals surface area (Å²) in [4.78, 5) is 2.68. The molecule has 1 aromatic carbocycles. The van der Waals surface area contributed by atoms with E-state index in [2.05, 4.69) is 34.7 Å². The molecule has 6 nitrogen and oxygen atoms in total. The number of hydrogen-bond acceptors (Lipinski definition) is 5. The molecule has 3 rings (SSSR count). The Morgan fingerprint density at radius 3 is 2.35 bits per heavy atom. The molecule has 0 radical (unpaired) electrons. The van der Waals surface area contributed by atoms with Gasteiger partial charge in [-0.3, -0.25) is 4.90 Å². The van der Waals surface area contributed by atoms with E-state index in [1.165, 1.54) is 7.11 Å². The lowest BCUT2D eigenvalue weighted by Gasteiger charge is -2.43. The van der Waals surface area contributed by atoms with Gasteiger partial charge in [-0.15, -0.1) is 0 Å². The molecule has 0 aromatic heterocycles. The Bertz CT molecular complexity index is 725. The number of hydrogen-bond donors (Lipinski definition) is 0. The van der Waals surface area contributed by atoms with Crippen LogP contribution in [0.5, 0.6) is 5.75 Å². The second-order valence-corrected chi connectivity index (χ2v) is 9.96. The van der Waals surface area contributed by atoms with Crippen molar-refractivity contribution in [1.29, 1.82) is 0 Å². The summed E-state index contributed by atoms with van der Waals surface area (Å²) in [5, 5.41) is 0. The summed E-state index contributed by atoms with van der Waals surface area (Å²) in [6.07, 6.45) is 2.14. The van der Waals surface area contributed by atoms with E-state index in [1.807, 2.05) is 0 Å². The Labute approximate surface area is 164 Å². The lowest BCUT2D eigenvalue weighted by Crippen LogP contribution is -2.53. The van der Waals surface area contributed by atoms with Gasteiger partial charge in [0.15, 0.2) is 0 Å². The minimum Gasteiger partial charge on any atom is -0.495 e. The third kappa shape index (κ3) is 4.25. The van der Waals surface area contributed by atoms with Crippen LogP contribution in [0.2, 0.25) is 0 Å². The van der Waals surface area contributed by atoms with Crippen LogP contribution in [0.4, 0.5) is 0 Å². The zero-order valence-electron chi connectivity index (χ0n) is 15.5. The first kappa shape index (κ1) is 20.1. The van der Waals surface area contributed by atoms with Crippen molar-refractivity contribution in [1.82, 2.24) is 9.21 Å². The highest BCUT2D eigenvalue weighted by Crippen LogP contribution is 2.32. The number of rotatable bonds is 4. The van der Waals surface area contributed by atoms with Gasteiger partial charge in [-0.25, -0.2) is 8.42 Å². The monoisotopic (exact) mass is 446 g/mol. The fourth-order valence-corrected chi connectivity index (χ4v) is 6.12. The molecule has 2 aliphatic rings. The van der Waals surface area contributed by atoms with Crippen LogP contribution in [-0.2, 0) is 14.8 Å². The van der Waals surface area contributed by atoms with Gasteiger partial charge in [0.1, 0.15) is 10.6 Å². The van der Waals surface area contributed by atoms with Crippen molar-refractivity contribution in [3.05, 3.63) is 22.7 Å². The van der Waals surface area contributed by atoms with E-state index in [1.54, 1.807) is 22.5 Å². The third-order valence-electron chi connectivity index (χ3n) is 5.13. The van der Waals surface area contributed by atoms with Crippen molar-refractivity contribution < 1.29 is 17.9 Å². The van der Waals surface area contributed by atoms with E-state index in [0.717, 1.165) is 30.4 Å². The molecule has 26 heavy (non-hydrogen) atoms. The van der Waals surface area contributed by atoms with Crippen molar-refractivity contribution in [3.8, 4) is 5.75 Å². The Morgan fingerprint density at radius 1 is 1.15 bits per heavy atom. The topological polar surface area (TPSA) is 59.1 Å². The quantitative estimate of drug-likeness (QED) is 0.711. The number of ether oxygens (including phenoxy) is 2. The van der Waals surface area contributed by atoms with E-state index >= 15 is 0 Å². The molecule has 0 amide bonds. The number of halogens is 1. The predicted molar refractivity (Wildman–Crippen MR) is 104 cm³/mol. The molecule has 2 heterocycles. The van der Waals surface area contributed by atoms with Crippen molar-refractivity contribution >= 4 is 26.0 Å². The number of methoxy groups -OCH3 is 1. The first-order valence-electron chi connectivity index (χ1n) is 9.04. The van der Waals surface area contributed by atoms with E-state index < -0.39 is 10.0 Å². The molecule has 146 valence electrons. The van der Waals surface area contributed by atoms with E-state index in [4.69, 9.17) is 9.47 Å². The van der Waals surface area contributed by atoms with Crippen LogP contribution >= 0.6 is 15.9 Å². The highest BCUT2D eigenvalue weighted by atomic mass is 79.9. The fraction of sp³-hybridized carbons (Fsp3) is 0.667. The van der Waals surface area contributed by atoms with E-state index in [-0.39, 0.29) is 17.1 Å². The maximum absolute atomic E-state index is 13.1. The number of sulfonamides is 1. The second kappa shape index (κ2) is 8.14. The summed E-state index contributed by atoms with van der Waals surface area (Å²) in [5.41, 5.74) is 0. The Hall–Kier alpha value is -0.670. The molecule has 2 aliphatic heterocycles. The van der Waals surface area contributed by atoms with Gasteiger partial charge in [-0.05, 0) is 44.9 Å². The largest absolute Gasteiger partial charge is 0.495 e. The SMILES string of the molecule is COc1ccc(Br)cc1S(=O)(=O)N1CCC(N2C[C@H](C)O[C@@H](C)C2)CC1. The summed E-state index contributed by atoms with van der Waals surface area (Å²) in [7, 11) is -2.07. The lowest BCUT2D eigenvalue weighted by molar-refractivity contribution is -0.0847. The summed E-state index contributed by atoms with van der Waals surface area (Å²) >= 11 is 3.36. The van der Waals surface area contributed by atoms with Crippen LogP contribution in [0.25, 0.3) is 0 Å². The molecule has 2 saturated heterocycles. The molecule has 0 bridgehead atoms. The van der Waals surface area contributed by atoms with Crippen LogP contribution in [0, 0.1) is 0 Å². The fourth-order valence-electron chi connectivity index (χ4n) is 3.95. The average Bonchev–Trinajstić information content (AvgIpc) is 2.61. The number of benzene rings is 1. The first-order valence-corrected chi connectivity index (χ1v) is 11.3. The van der Waals surface area contributed by atoms with Gasteiger partial charge in [-0.1, -0.05) is 15.9 Å². The maximum atomic E-state index is 13.1. The van der Waals surface area contributed by atoms with Gasteiger partial charge in [-0.2, -0.15) is 4.31 Å². The summed E-state index contributed by atoms with van der Waals surface area (Å²) < 4.78 is 39.6. The smallest absolute Gasteiger partial charge is 0.246 e. The van der Waals surface area contributed by atoms with Crippen LogP contribution in [0.15, 0.2) is 27.6 Å². The van der Waals surface area contributed by atoms with Crippen LogP contribution in [0.3, 0.4) is 0 Å². The zero-order chi connectivity index (χ0) is 18.9.